The predicted octanol–water partition coefficient (Wildman–Crippen LogP) is 3.42. The van der Waals surface area contributed by atoms with Crippen LogP contribution < -0.4 is 5.32 Å². The number of hydrogen-bond donors (Lipinski definition) is 2. The molecule has 1 atom stereocenters. The maximum absolute atomic E-state index is 11.8. The molecule has 2 N–H and O–H groups in total. The average molecular weight is 309 g/mol. The number of carbonyl (C=O) groups is 2. The second kappa shape index (κ2) is 8.72. The van der Waals surface area contributed by atoms with Crippen LogP contribution in [0.4, 0.5) is 5.69 Å². The van der Waals surface area contributed by atoms with Crippen LogP contribution in [0.3, 0.4) is 0 Å². The molecule has 0 spiro atoms. The number of carboxylic acid groups (broad SMARTS) is 1. The summed E-state index contributed by atoms with van der Waals surface area (Å²) >= 11 is 1.16. The van der Waals surface area contributed by atoms with Crippen molar-refractivity contribution < 1.29 is 14.7 Å². The third kappa shape index (κ3) is 6.21. The van der Waals surface area contributed by atoms with E-state index in [4.69, 9.17) is 5.11 Å². The number of nitrogens with one attached hydrogen (secondary N) is 1. The van der Waals surface area contributed by atoms with E-state index >= 15 is 0 Å². The minimum atomic E-state index is -0.869. The van der Waals surface area contributed by atoms with E-state index in [1.54, 1.807) is 0 Å². The van der Waals surface area contributed by atoms with Gasteiger partial charge >= 0.3 is 5.97 Å². The van der Waals surface area contributed by atoms with Crippen LogP contribution in [0.15, 0.2) is 24.3 Å². The molecular formula is C16H23NO3S. The van der Waals surface area contributed by atoms with Crippen LogP contribution in [0.25, 0.3) is 0 Å². The van der Waals surface area contributed by atoms with Gasteiger partial charge in [-0.3, -0.25) is 9.59 Å². The number of aliphatic carboxylic acids is 1. The number of thioether (sulfide) groups is 1. The van der Waals surface area contributed by atoms with Crippen LogP contribution in [0.1, 0.15) is 32.8 Å². The van der Waals surface area contributed by atoms with Gasteiger partial charge in [0.15, 0.2) is 0 Å². The zero-order chi connectivity index (χ0) is 15.8. The summed E-state index contributed by atoms with van der Waals surface area (Å²) in [6.45, 7) is 5.81. The second-order valence-corrected chi connectivity index (χ2v) is 6.44. The zero-order valence-electron chi connectivity index (χ0n) is 12.8. The molecule has 0 heterocycles. The molecule has 116 valence electrons. The summed E-state index contributed by atoms with van der Waals surface area (Å²) < 4.78 is 0. The molecule has 21 heavy (non-hydrogen) atoms. The number of aryl methyl sites for hydroxylation is 1. The Balaban J connectivity index is 2.48. The number of carbonyl (C=O) groups excluding carboxylic acids is 1. The van der Waals surface area contributed by atoms with Crippen LogP contribution in [0.5, 0.6) is 0 Å². The minimum Gasteiger partial charge on any atom is -0.480 e. The van der Waals surface area contributed by atoms with E-state index in [0.717, 1.165) is 30.3 Å². The average Bonchev–Trinajstić information content (AvgIpc) is 2.40. The molecule has 1 aromatic carbocycles. The molecule has 0 radical (unpaired) electrons. The lowest BCUT2D eigenvalue weighted by Crippen LogP contribution is -2.25. The quantitative estimate of drug-likeness (QED) is 0.772. The van der Waals surface area contributed by atoms with Gasteiger partial charge in [0, 0.05) is 5.69 Å². The van der Waals surface area contributed by atoms with Gasteiger partial charge in [-0.25, -0.2) is 0 Å². The van der Waals surface area contributed by atoms with E-state index in [-0.39, 0.29) is 17.6 Å². The molecule has 0 saturated heterocycles. The van der Waals surface area contributed by atoms with Crippen molar-refractivity contribution in [3.8, 4) is 0 Å². The number of benzene rings is 1. The molecule has 1 amide bonds. The Hall–Kier alpha value is -1.49. The first-order valence-electron chi connectivity index (χ1n) is 7.17. The van der Waals surface area contributed by atoms with Crippen LogP contribution in [-0.4, -0.2) is 28.0 Å². The highest BCUT2D eigenvalue weighted by Gasteiger charge is 2.22. The Kier molecular flexibility index (Phi) is 7.29. The van der Waals surface area contributed by atoms with Gasteiger partial charge in [0.1, 0.15) is 5.25 Å². The summed E-state index contributed by atoms with van der Waals surface area (Å²) in [6, 6.07) is 7.76. The predicted molar refractivity (Wildman–Crippen MR) is 87.8 cm³/mol. The van der Waals surface area contributed by atoms with E-state index in [1.807, 2.05) is 38.1 Å². The fourth-order valence-corrected chi connectivity index (χ4v) is 2.89. The molecule has 0 aliphatic rings. The molecule has 0 aliphatic carbocycles. The van der Waals surface area contributed by atoms with Crippen molar-refractivity contribution in [1.29, 1.82) is 0 Å². The first kappa shape index (κ1) is 17.6. The molecule has 1 rings (SSSR count). The van der Waals surface area contributed by atoms with Crippen molar-refractivity contribution in [2.24, 2.45) is 5.92 Å². The third-order valence-corrected chi connectivity index (χ3v) is 4.55. The lowest BCUT2D eigenvalue weighted by Gasteiger charge is -2.15. The van der Waals surface area contributed by atoms with E-state index in [2.05, 4.69) is 12.2 Å². The monoisotopic (exact) mass is 309 g/mol. The Bertz CT molecular complexity index is 471. The van der Waals surface area contributed by atoms with Gasteiger partial charge in [-0.2, -0.15) is 0 Å². The van der Waals surface area contributed by atoms with Crippen molar-refractivity contribution in [3.05, 3.63) is 29.8 Å². The summed E-state index contributed by atoms with van der Waals surface area (Å²) in [7, 11) is 0. The molecule has 0 aromatic heterocycles. The topological polar surface area (TPSA) is 66.4 Å². The van der Waals surface area contributed by atoms with E-state index < -0.39 is 11.2 Å². The number of amides is 1. The summed E-state index contributed by atoms with van der Waals surface area (Å²) in [5.74, 6) is -0.901. The Morgan fingerprint density at radius 1 is 1.24 bits per heavy atom. The highest BCUT2D eigenvalue weighted by molar-refractivity contribution is 8.01. The number of hydrogen-bond acceptors (Lipinski definition) is 3. The largest absolute Gasteiger partial charge is 0.480 e. The normalized spacial score (nSPS) is 12.2. The molecule has 5 heteroatoms. The van der Waals surface area contributed by atoms with Crippen molar-refractivity contribution in [1.82, 2.24) is 0 Å². The van der Waals surface area contributed by atoms with E-state index in [1.165, 1.54) is 5.56 Å². The van der Waals surface area contributed by atoms with Crippen molar-refractivity contribution in [3.63, 3.8) is 0 Å². The number of anilines is 1. The van der Waals surface area contributed by atoms with Crippen LogP contribution in [0.2, 0.25) is 0 Å². The van der Waals surface area contributed by atoms with Gasteiger partial charge in [-0.05, 0) is 30.0 Å². The van der Waals surface area contributed by atoms with E-state index in [0.29, 0.717) is 0 Å². The molecule has 1 unspecified atom stereocenters. The third-order valence-electron chi connectivity index (χ3n) is 3.02. The van der Waals surface area contributed by atoms with E-state index in [9.17, 15) is 9.59 Å². The van der Waals surface area contributed by atoms with Gasteiger partial charge in [0.05, 0.1) is 5.75 Å². The zero-order valence-corrected chi connectivity index (χ0v) is 13.6. The molecule has 0 fully saturated rings. The number of carboxylic acids is 1. The summed E-state index contributed by atoms with van der Waals surface area (Å²) in [5.41, 5.74) is 1.99. The van der Waals surface area contributed by atoms with Gasteiger partial charge in [0.2, 0.25) is 5.91 Å². The van der Waals surface area contributed by atoms with Crippen molar-refractivity contribution >= 4 is 29.3 Å². The molecule has 4 nitrogen and oxygen atoms in total. The highest BCUT2D eigenvalue weighted by atomic mass is 32.2. The molecule has 0 bridgehead atoms. The lowest BCUT2D eigenvalue weighted by molar-refractivity contribution is -0.137. The van der Waals surface area contributed by atoms with Gasteiger partial charge < -0.3 is 10.4 Å². The Morgan fingerprint density at radius 3 is 2.33 bits per heavy atom. The maximum Gasteiger partial charge on any atom is 0.316 e. The fraction of sp³-hybridized carbons (Fsp3) is 0.500. The standard InChI is InChI=1S/C16H23NO3S/c1-4-5-12-6-8-13(9-7-12)17-14(18)10-21-15(11(2)3)16(19)20/h6-9,11,15H,4-5,10H2,1-3H3,(H,17,18)(H,19,20). The summed E-state index contributed by atoms with van der Waals surface area (Å²) in [5, 5.41) is 11.3. The van der Waals surface area contributed by atoms with Crippen LogP contribution >= 0.6 is 11.8 Å². The highest BCUT2D eigenvalue weighted by Crippen LogP contribution is 2.20. The van der Waals surface area contributed by atoms with Gasteiger partial charge in [0.25, 0.3) is 0 Å². The fourth-order valence-electron chi connectivity index (χ4n) is 1.95. The molecular weight excluding hydrogens is 286 g/mol. The summed E-state index contributed by atoms with van der Waals surface area (Å²) in [6.07, 6.45) is 2.12. The molecule has 0 saturated carbocycles. The van der Waals surface area contributed by atoms with Crippen molar-refractivity contribution in [2.75, 3.05) is 11.1 Å². The lowest BCUT2D eigenvalue weighted by atomic mass is 10.1. The van der Waals surface area contributed by atoms with Gasteiger partial charge in [-0.15, -0.1) is 11.8 Å². The first-order chi connectivity index (χ1) is 9.93. The maximum atomic E-state index is 11.8. The van der Waals surface area contributed by atoms with Crippen LogP contribution in [0, 0.1) is 5.92 Å². The SMILES string of the molecule is CCCc1ccc(NC(=O)CSC(C(=O)O)C(C)C)cc1. The van der Waals surface area contributed by atoms with Crippen LogP contribution in [-0.2, 0) is 16.0 Å². The number of rotatable bonds is 8. The van der Waals surface area contributed by atoms with Gasteiger partial charge in [-0.1, -0.05) is 39.3 Å². The summed E-state index contributed by atoms with van der Waals surface area (Å²) in [4.78, 5) is 22.9. The minimum absolute atomic E-state index is 0.00590. The first-order valence-corrected chi connectivity index (χ1v) is 8.22. The molecule has 0 aliphatic heterocycles. The second-order valence-electron chi connectivity index (χ2n) is 5.31. The Labute approximate surface area is 130 Å². The smallest absolute Gasteiger partial charge is 0.316 e. The molecule has 1 aromatic rings. The van der Waals surface area contributed by atoms with Crippen molar-refractivity contribution in [2.45, 2.75) is 38.9 Å². The Morgan fingerprint density at radius 2 is 1.86 bits per heavy atom.